The molecule has 16 heavy (non-hydrogen) atoms. The average Bonchev–Trinajstić information content (AvgIpc) is 2.81. The predicted octanol–water partition coefficient (Wildman–Crippen LogP) is 3.07. The van der Waals surface area contributed by atoms with Gasteiger partial charge in [0.05, 0.1) is 0 Å². The Morgan fingerprint density at radius 1 is 1.25 bits per heavy atom. The highest BCUT2D eigenvalue weighted by Gasteiger charge is 2.22. The molecule has 0 saturated heterocycles. The second kappa shape index (κ2) is 4.68. The van der Waals surface area contributed by atoms with E-state index >= 15 is 0 Å². The van der Waals surface area contributed by atoms with E-state index in [-0.39, 0.29) is 0 Å². The van der Waals surface area contributed by atoms with Crippen LogP contribution in [0.1, 0.15) is 12.5 Å². The smallest absolute Gasteiger partial charge is 0.104 e. The van der Waals surface area contributed by atoms with Gasteiger partial charge in [-0.2, -0.15) is 11.3 Å². The number of hydrogen-bond donors (Lipinski definition) is 2. The SMILES string of the molecule is CC(O)(CNc1ccsc1)c1ccccc1. The Kier molecular flexibility index (Phi) is 3.27. The van der Waals surface area contributed by atoms with Crippen molar-refractivity contribution >= 4 is 17.0 Å². The van der Waals surface area contributed by atoms with Crippen molar-refractivity contribution in [2.45, 2.75) is 12.5 Å². The van der Waals surface area contributed by atoms with Crippen molar-refractivity contribution in [3.8, 4) is 0 Å². The van der Waals surface area contributed by atoms with Crippen LogP contribution in [0.2, 0.25) is 0 Å². The summed E-state index contributed by atoms with van der Waals surface area (Å²) in [4.78, 5) is 0. The monoisotopic (exact) mass is 233 g/mol. The van der Waals surface area contributed by atoms with Gasteiger partial charge in [-0.25, -0.2) is 0 Å². The number of rotatable bonds is 4. The first-order valence-electron chi connectivity index (χ1n) is 5.22. The summed E-state index contributed by atoms with van der Waals surface area (Å²) in [6.07, 6.45) is 0. The number of anilines is 1. The van der Waals surface area contributed by atoms with Crippen molar-refractivity contribution in [1.82, 2.24) is 0 Å². The molecule has 2 nitrogen and oxygen atoms in total. The number of nitrogens with one attached hydrogen (secondary N) is 1. The Hall–Kier alpha value is -1.32. The van der Waals surface area contributed by atoms with Crippen LogP contribution in [0.15, 0.2) is 47.2 Å². The molecule has 0 spiro atoms. The zero-order valence-corrected chi connectivity index (χ0v) is 10.00. The highest BCUT2D eigenvalue weighted by Crippen LogP contribution is 2.21. The van der Waals surface area contributed by atoms with Crippen LogP contribution in [0.5, 0.6) is 0 Å². The van der Waals surface area contributed by atoms with Crippen molar-refractivity contribution in [2.75, 3.05) is 11.9 Å². The molecule has 0 radical (unpaired) electrons. The van der Waals surface area contributed by atoms with Gasteiger partial charge in [-0.3, -0.25) is 0 Å². The quantitative estimate of drug-likeness (QED) is 0.850. The second-order valence-electron chi connectivity index (χ2n) is 4.01. The third-order valence-electron chi connectivity index (χ3n) is 2.55. The maximum atomic E-state index is 10.3. The Morgan fingerprint density at radius 2 is 2.00 bits per heavy atom. The number of hydrogen-bond acceptors (Lipinski definition) is 3. The van der Waals surface area contributed by atoms with Gasteiger partial charge in [-0.15, -0.1) is 0 Å². The molecule has 1 heterocycles. The minimum Gasteiger partial charge on any atom is -0.384 e. The third-order valence-corrected chi connectivity index (χ3v) is 3.24. The summed E-state index contributed by atoms with van der Waals surface area (Å²) in [6.45, 7) is 2.33. The first kappa shape index (κ1) is 11.2. The van der Waals surface area contributed by atoms with Crippen molar-refractivity contribution in [3.63, 3.8) is 0 Å². The summed E-state index contributed by atoms with van der Waals surface area (Å²) < 4.78 is 0. The number of benzene rings is 1. The molecule has 84 valence electrons. The highest BCUT2D eigenvalue weighted by atomic mass is 32.1. The lowest BCUT2D eigenvalue weighted by atomic mass is 9.96. The lowest BCUT2D eigenvalue weighted by Gasteiger charge is -2.24. The van der Waals surface area contributed by atoms with Gasteiger partial charge >= 0.3 is 0 Å². The van der Waals surface area contributed by atoms with E-state index in [2.05, 4.69) is 5.32 Å². The van der Waals surface area contributed by atoms with Crippen LogP contribution in [0, 0.1) is 0 Å². The molecule has 2 N–H and O–H groups in total. The van der Waals surface area contributed by atoms with Crippen molar-refractivity contribution in [2.24, 2.45) is 0 Å². The summed E-state index contributed by atoms with van der Waals surface area (Å²) in [6, 6.07) is 11.7. The van der Waals surface area contributed by atoms with E-state index < -0.39 is 5.60 Å². The molecule has 1 aromatic carbocycles. The lowest BCUT2D eigenvalue weighted by Crippen LogP contribution is -2.30. The third kappa shape index (κ3) is 2.62. The van der Waals surface area contributed by atoms with Gasteiger partial charge in [0.2, 0.25) is 0 Å². The molecule has 0 aliphatic carbocycles. The molecule has 0 bridgehead atoms. The molecule has 1 atom stereocenters. The molecule has 0 aliphatic heterocycles. The van der Waals surface area contributed by atoms with E-state index in [4.69, 9.17) is 0 Å². The van der Waals surface area contributed by atoms with Crippen LogP contribution in [0.3, 0.4) is 0 Å². The first-order chi connectivity index (χ1) is 7.68. The fourth-order valence-electron chi connectivity index (χ4n) is 1.54. The Labute approximate surface area is 99.6 Å². The summed E-state index contributed by atoms with van der Waals surface area (Å²) in [5.41, 5.74) is 1.14. The topological polar surface area (TPSA) is 32.3 Å². The summed E-state index contributed by atoms with van der Waals surface area (Å²) in [7, 11) is 0. The maximum Gasteiger partial charge on any atom is 0.104 e. The zero-order chi connectivity index (χ0) is 11.4. The second-order valence-corrected chi connectivity index (χ2v) is 4.79. The molecular formula is C13H15NOS. The van der Waals surface area contributed by atoms with E-state index in [1.165, 1.54) is 0 Å². The first-order valence-corrected chi connectivity index (χ1v) is 6.17. The van der Waals surface area contributed by atoms with E-state index in [1.54, 1.807) is 11.3 Å². The van der Waals surface area contributed by atoms with Gasteiger partial charge in [-0.1, -0.05) is 30.3 Å². The van der Waals surface area contributed by atoms with Crippen LogP contribution in [0.25, 0.3) is 0 Å². The fraction of sp³-hybridized carbons (Fsp3) is 0.231. The van der Waals surface area contributed by atoms with Crippen LogP contribution in [0.4, 0.5) is 5.69 Å². The van der Waals surface area contributed by atoms with Gasteiger partial charge in [0.15, 0.2) is 0 Å². The van der Waals surface area contributed by atoms with Crippen LogP contribution < -0.4 is 5.32 Å². The Balaban J connectivity index is 2.03. The van der Waals surface area contributed by atoms with E-state index in [9.17, 15) is 5.11 Å². The van der Waals surface area contributed by atoms with Crippen LogP contribution >= 0.6 is 11.3 Å². The van der Waals surface area contributed by atoms with Crippen molar-refractivity contribution in [1.29, 1.82) is 0 Å². The summed E-state index contributed by atoms with van der Waals surface area (Å²) in [5, 5.41) is 17.6. The molecular weight excluding hydrogens is 218 g/mol. The molecule has 1 unspecified atom stereocenters. The molecule has 3 heteroatoms. The Bertz CT molecular complexity index is 422. The number of aliphatic hydroxyl groups is 1. The van der Waals surface area contributed by atoms with E-state index in [1.807, 2.05) is 54.1 Å². The molecule has 0 fully saturated rings. The molecule has 2 rings (SSSR count). The fourth-order valence-corrected chi connectivity index (χ4v) is 2.15. The lowest BCUT2D eigenvalue weighted by molar-refractivity contribution is 0.0715. The van der Waals surface area contributed by atoms with Crippen molar-refractivity contribution < 1.29 is 5.11 Å². The average molecular weight is 233 g/mol. The van der Waals surface area contributed by atoms with Gasteiger partial charge in [0.25, 0.3) is 0 Å². The normalized spacial score (nSPS) is 14.4. The van der Waals surface area contributed by atoms with Gasteiger partial charge in [0, 0.05) is 17.6 Å². The van der Waals surface area contributed by atoms with Gasteiger partial charge < -0.3 is 10.4 Å². The Morgan fingerprint density at radius 3 is 2.62 bits per heavy atom. The summed E-state index contributed by atoms with van der Waals surface area (Å²) in [5.74, 6) is 0. The maximum absolute atomic E-state index is 10.3. The molecule has 0 aliphatic rings. The van der Waals surface area contributed by atoms with Crippen LogP contribution in [-0.4, -0.2) is 11.7 Å². The van der Waals surface area contributed by atoms with E-state index in [0.29, 0.717) is 6.54 Å². The predicted molar refractivity (Wildman–Crippen MR) is 68.8 cm³/mol. The summed E-state index contributed by atoms with van der Waals surface area (Å²) >= 11 is 1.64. The minimum atomic E-state index is -0.844. The molecule has 0 saturated carbocycles. The zero-order valence-electron chi connectivity index (χ0n) is 9.18. The standard InChI is InChI=1S/C13H15NOS/c1-13(15,11-5-3-2-4-6-11)10-14-12-7-8-16-9-12/h2-9,14-15H,10H2,1H3. The minimum absolute atomic E-state index is 0.508. The molecule has 0 amide bonds. The number of thiophene rings is 1. The molecule has 1 aromatic heterocycles. The van der Waals surface area contributed by atoms with Gasteiger partial charge in [-0.05, 0) is 23.9 Å². The van der Waals surface area contributed by atoms with Crippen molar-refractivity contribution in [3.05, 3.63) is 52.7 Å². The van der Waals surface area contributed by atoms with E-state index in [0.717, 1.165) is 11.3 Å². The van der Waals surface area contributed by atoms with Crippen LogP contribution in [-0.2, 0) is 5.60 Å². The van der Waals surface area contributed by atoms with Gasteiger partial charge in [0.1, 0.15) is 5.60 Å². The highest BCUT2D eigenvalue weighted by molar-refractivity contribution is 7.08. The largest absolute Gasteiger partial charge is 0.384 e. The molecule has 2 aromatic rings.